The summed E-state index contributed by atoms with van der Waals surface area (Å²) in [6.07, 6.45) is 1.95. The van der Waals surface area contributed by atoms with E-state index in [1.807, 2.05) is 66.9 Å². The molecule has 8 nitrogen and oxygen atoms in total. The first-order valence-electron chi connectivity index (χ1n) is 11.9. The van der Waals surface area contributed by atoms with Crippen LogP contribution in [0.3, 0.4) is 0 Å². The lowest BCUT2D eigenvalue weighted by Crippen LogP contribution is -2.36. The van der Waals surface area contributed by atoms with Crippen LogP contribution in [0, 0.1) is 0 Å². The van der Waals surface area contributed by atoms with E-state index >= 15 is 0 Å². The summed E-state index contributed by atoms with van der Waals surface area (Å²) in [5.74, 6) is 1.33. The van der Waals surface area contributed by atoms with Gasteiger partial charge in [0.05, 0.1) is 25.2 Å². The first-order chi connectivity index (χ1) is 17.7. The number of aromatic amines is 1. The maximum Gasteiger partial charge on any atom is 0.232 e. The molecule has 1 amide bonds. The Bertz CT molecular complexity index is 1480. The number of anilines is 2. The summed E-state index contributed by atoms with van der Waals surface area (Å²) < 4.78 is 10.8. The Morgan fingerprint density at radius 1 is 0.972 bits per heavy atom. The van der Waals surface area contributed by atoms with Gasteiger partial charge in [-0.2, -0.15) is 0 Å². The number of rotatable bonds is 6. The van der Waals surface area contributed by atoms with E-state index in [9.17, 15) is 4.79 Å². The summed E-state index contributed by atoms with van der Waals surface area (Å²) in [6.45, 7) is 3.10. The zero-order chi connectivity index (χ0) is 24.3. The van der Waals surface area contributed by atoms with Crippen molar-refractivity contribution in [1.29, 1.82) is 0 Å². The van der Waals surface area contributed by atoms with Crippen molar-refractivity contribution in [2.75, 3.05) is 36.5 Å². The van der Waals surface area contributed by atoms with E-state index in [1.165, 1.54) is 0 Å². The van der Waals surface area contributed by atoms with Crippen molar-refractivity contribution in [2.24, 2.45) is 0 Å². The average Bonchev–Trinajstić information content (AvgIpc) is 3.57. The van der Waals surface area contributed by atoms with Crippen LogP contribution < -0.4 is 10.2 Å². The van der Waals surface area contributed by atoms with Gasteiger partial charge in [-0.15, -0.1) is 0 Å². The number of carbonyl (C=O) groups is 1. The van der Waals surface area contributed by atoms with Gasteiger partial charge in [-0.25, -0.2) is 4.98 Å². The number of H-pyrrole nitrogens is 1. The number of carbonyl (C=O) groups excluding carboxylic acids is 1. The smallest absolute Gasteiger partial charge is 0.232 e. The molecule has 180 valence electrons. The molecule has 5 aromatic rings. The fraction of sp³-hybridized carbons (Fsp3) is 0.179. The molecule has 0 bridgehead atoms. The molecule has 1 aliphatic heterocycles. The van der Waals surface area contributed by atoms with Crippen LogP contribution in [0.4, 0.5) is 11.5 Å². The lowest BCUT2D eigenvalue weighted by Gasteiger charge is -2.28. The van der Waals surface area contributed by atoms with Crippen molar-refractivity contribution >= 4 is 28.3 Å². The van der Waals surface area contributed by atoms with Crippen molar-refractivity contribution in [1.82, 2.24) is 15.1 Å². The van der Waals surface area contributed by atoms with Crippen LogP contribution in [0.1, 0.15) is 5.76 Å². The van der Waals surface area contributed by atoms with E-state index in [0.29, 0.717) is 24.7 Å². The highest BCUT2D eigenvalue weighted by atomic mass is 16.5. The minimum Gasteiger partial charge on any atom is -0.378 e. The molecular weight excluding hydrogens is 454 g/mol. The second kappa shape index (κ2) is 9.67. The molecule has 0 spiro atoms. The summed E-state index contributed by atoms with van der Waals surface area (Å²) >= 11 is 0. The molecule has 2 aromatic carbocycles. The van der Waals surface area contributed by atoms with E-state index in [1.54, 1.807) is 6.07 Å². The number of hydrogen-bond donors (Lipinski definition) is 2. The van der Waals surface area contributed by atoms with Gasteiger partial charge in [-0.3, -0.25) is 4.79 Å². The normalized spacial score (nSPS) is 13.7. The fourth-order valence-corrected chi connectivity index (χ4v) is 4.46. The molecule has 36 heavy (non-hydrogen) atoms. The van der Waals surface area contributed by atoms with E-state index in [4.69, 9.17) is 9.26 Å². The third-order valence-electron chi connectivity index (χ3n) is 6.28. The quantitative estimate of drug-likeness (QED) is 0.360. The topological polar surface area (TPSA) is 96.3 Å². The number of aromatic nitrogens is 3. The number of benzene rings is 2. The van der Waals surface area contributed by atoms with Gasteiger partial charge in [0, 0.05) is 47.7 Å². The number of hydrogen-bond acceptors (Lipinski definition) is 6. The Kier molecular flexibility index (Phi) is 5.93. The number of amides is 1. The van der Waals surface area contributed by atoms with Crippen molar-refractivity contribution in [3.8, 4) is 22.5 Å². The van der Waals surface area contributed by atoms with Gasteiger partial charge in [-0.1, -0.05) is 47.6 Å². The van der Waals surface area contributed by atoms with Gasteiger partial charge in [-0.05, 0) is 29.8 Å². The molecule has 0 atom stereocenters. The minimum atomic E-state index is -0.162. The largest absolute Gasteiger partial charge is 0.378 e. The van der Waals surface area contributed by atoms with Crippen molar-refractivity contribution in [3.63, 3.8) is 0 Å². The van der Waals surface area contributed by atoms with Crippen molar-refractivity contribution in [2.45, 2.75) is 6.42 Å². The molecule has 1 aliphatic rings. The van der Waals surface area contributed by atoms with Crippen LogP contribution >= 0.6 is 0 Å². The molecule has 8 heteroatoms. The van der Waals surface area contributed by atoms with Crippen LogP contribution in [-0.4, -0.2) is 47.3 Å². The lowest BCUT2D eigenvalue weighted by atomic mass is 10.1. The molecule has 6 rings (SSSR count). The number of fused-ring (bicyclic) bond motifs is 1. The summed E-state index contributed by atoms with van der Waals surface area (Å²) in [5.41, 5.74) is 5.46. The predicted molar refractivity (Wildman–Crippen MR) is 139 cm³/mol. The standard InChI is InChI=1S/C28H25N5O3/c34-27(17-22-16-26(32-36-22)19-4-2-1-3-5-19)30-21-8-6-20(7-9-21)25-18-23-24(31-25)10-11-29-28(23)33-12-14-35-15-13-33/h1-11,16,18,31H,12-15,17H2,(H,30,34). The van der Waals surface area contributed by atoms with Gasteiger partial charge in [0.25, 0.3) is 0 Å². The number of pyridine rings is 1. The molecular formula is C28H25N5O3. The molecule has 0 aliphatic carbocycles. The molecule has 0 radical (unpaired) electrons. The Morgan fingerprint density at radius 2 is 1.78 bits per heavy atom. The highest BCUT2D eigenvalue weighted by molar-refractivity contribution is 5.95. The second-order valence-corrected chi connectivity index (χ2v) is 8.73. The highest BCUT2D eigenvalue weighted by Crippen LogP contribution is 2.30. The third kappa shape index (κ3) is 4.58. The van der Waals surface area contributed by atoms with Gasteiger partial charge in [0.1, 0.15) is 17.3 Å². The second-order valence-electron chi connectivity index (χ2n) is 8.73. The third-order valence-corrected chi connectivity index (χ3v) is 6.28. The summed E-state index contributed by atoms with van der Waals surface area (Å²) in [7, 11) is 0. The summed E-state index contributed by atoms with van der Waals surface area (Å²) in [6, 6.07) is 23.4. The van der Waals surface area contributed by atoms with Crippen LogP contribution in [-0.2, 0) is 16.0 Å². The number of nitrogens with zero attached hydrogens (tertiary/aromatic N) is 3. The first-order valence-corrected chi connectivity index (χ1v) is 11.9. The van der Waals surface area contributed by atoms with Gasteiger partial charge >= 0.3 is 0 Å². The molecule has 1 saturated heterocycles. The maximum absolute atomic E-state index is 12.6. The minimum absolute atomic E-state index is 0.112. The Labute approximate surface area is 207 Å². The predicted octanol–water partition coefficient (Wildman–Crippen LogP) is 4.90. The summed E-state index contributed by atoms with van der Waals surface area (Å²) in [4.78, 5) is 22.9. The molecule has 0 unspecified atom stereocenters. The maximum atomic E-state index is 12.6. The Hall–Kier alpha value is -4.43. The van der Waals surface area contributed by atoms with Gasteiger partial charge < -0.3 is 24.5 Å². The number of morpholine rings is 1. The van der Waals surface area contributed by atoms with Crippen molar-refractivity contribution in [3.05, 3.63) is 84.8 Å². The summed E-state index contributed by atoms with van der Waals surface area (Å²) in [5, 5.41) is 8.10. The zero-order valence-electron chi connectivity index (χ0n) is 19.6. The van der Waals surface area contributed by atoms with E-state index in [0.717, 1.165) is 52.3 Å². The SMILES string of the molecule is O=C(Cc1cc(-c2ccccc2)no1)Nc1ccc(-c2cc3c(N4CCOCC4)nccc3[nH]2)cc1. The van der Waals surface area contributed by atoms with E-state index in [2.05, 4.69) is 31.4 Å². The number of nitrogens with one attached hydrogen (secondary N) is 2. The first kappa shape index (κ1) is 22.1. The Balaban J connectivity index is 1.14. The van der Waals surface area contributed by atoms with Gasteiger partial charge in [0.15, 0.2) is 0 Å². The van der Waals surface area contributed by atoms with Crippen LogP contribution in [0.25, 0.3) is 33.4 Å². The van der Waals surface area contributed by atoms with Gasteiger partial charge in [0.2, 0.25) is 5.91 Å². The number of ether oxygens (including phenoxy) is 1. The molecule has 2 N–H and O–H groups in total. The van der Waals surface area contributed by atoms with Crippen LogP contribution in [0.5, 0.6) is 0 Å². The lowest BCUT2D eigenvalue weighted by molar-refractivity contribution is -0.115. The zero-order valence-corrected chi connectivity index (χ0v) is 19.6. The molecule has 4 heterocycles. The van der Waals surface area contributed by atoms with Crippen LogP contribution in [0.2, 0.25) is 0 Å². The van der Waals surface area contributed by atoms with E-state index < -0.39 is 0 Å². The fourth-order valence-electron chi connectivity index (χ4n) is 4.46. The van der Waals surface area contributed by atoms with Crippen molar-refractivity contribution < 1.29 is 14.1 Å². The molecule has 1 fully saturated rings. The van der Waals surface area contributed by atoms with E-state index in [-0.39, 0.29) is 12.3 Å². The Morgan fingerprint density at radius 3 is 2.58 bits per heavy atom. The van der Waals surface area contributed by atoms with Crippen LogP contribution in [0.15, 0.2) is 83.5 Å². The average molecular weight is 480 g/mol. The highest BCUT2D eigenvalue weighted by Gasteiger charge is 2.17. The monoisotopic (exact) mass is 479 g/mol. The molecule has 0 saturated carbocycles. The molecule has 3 aromatic heterocycles.